The monoisotopic (exact) mass is 418 g/mol. The van der Waals surface area contributed by atoms with Crippen LogP contribution in [0.3, 0.4) is 0 Å². The number of amides is 4. The molecule has 2 atom stereocenters. The smallest absolute Gasteiger partial charge is 0.319 e. The van der Waals surface area contributed by atoms with E-state index in [9.17, 15) is 9.59 Å². The average molecular weight is 419 g/mol. The molecule has 0 aliphatic rings. The van der Waals surface area contributed by atoms with Crippen molar-refractivity contribution in [1.29, 1.82) is 0 Å². The number of anilines is 2. The third-order valence-corrected chi connectivity index (χ3v) is 4.70. The Morgan fingerprint density at radius 2 is 1.32 bits per heavy atom. The van der Waals surface area contributed by atoms with Crippen molar-refractivity contribution in [2.75, 3.05) is 10.6 Å². The van der Waals surface area contributed by atoms with Crippen LogP contribution in [0.15, 0.2) is 67.0 Å². The number of carbonyl (C=O) groups excluding carboxylic acids is 2. The molecule has 0 saturated carbocycles. The lowest BCUT2D eigenvalue weighted by atomic mass is 10.1. The highest BCUT2D eigenvalue weighted by molar-refractivity contribution is 5.93. The Morgan fingerprint density at radius 3 is 1.84 bits per heavy atom. The fourth-order valence-corrected chi connectivity index (χ4v) is 2.97. The average Bonchev–Trinajstić information content (AvgIpc) is 2.77. The predicted octanol–water partition coefficient (Wildman–Crippen LogP) is 4.55. The number of nitrogens with one attached hydrogen (secondary N) is 4. The van der Waals surface area contributed by atoms with Crippen molar-refractivity contribution < 1.29 is 9.59 Å². The molecule has 3 aromatic rings. The largest absolute Gasteiger partial charge is 0.330 e. The topological polar surface area (TPSA) is 108 Å². The molecule has 0 aliphatic carbocycles. The van der Waals surface area contributed by atoms with Crippen LogP contribution in [0, 0.1) is 6.92 Å². The summed E-state index contributed by atoms with van der Waals surface area (Å²) >= 11 is 0. The Balaban J connectivity index is 1.59. The second-order valence-corrected chi connectivity index (χ2v) is 7.18. The van der Waals surface area contributed by atoms with E-state index >= 15 is 0 Å². The lowest BCUT2D eigenvalue weighted by molar-refractivity contribution is 0.248. The van der Waals surface area contributed by atoms with Gasteiger partial charge >= 0.3 is 12.1 Å². The van der Waals surface area contributed by atoms with E-state index in [1.54, 1.807) is 24.5 Å². The van der Waals surface area contributed by atoms with Crippen LogP contribution >= 0.6 is 0 Å². The van der Waals surface area contributed by atoms with Crippen LogP contribution in [0.5, 0.6) is 0 Å². The fraction of sp³-hybridized carbons (Fsp3) is 0.217. The molecule has 2 heterocycles. The Labute approximate surface area is 181 Å². The van der Waals surface area contributed by atoms with E-state index in [4.69, 9.17) is 0 Å². The van der Waals surface area contributed by atoms with Gasteiger partial charge < -0.3 is 21.3 Å². The molecule has 160 valence electrons. The van der Waals surface area contributed by atoms with Gasteiger partial charge in [-0.1, -0.05) is 18.2 Å². The maximum atomic E-state index is 12.4. The molecule has 0 saturated heterocycles. The summed E-state index contributed by atoms with van der Waals surface area (Å²) in [4.78, 5) is 33.3. The molecule has 0 spiro atoms. The standard InChI is InChI=1S/C23H26N6O2/c1-15-10-11-18(28-22(30)26-16(2)19-8-4-6-12-24-19)14-21(15)29-23(31)27-17(3)20-9-5-7-13-25-20/h4-14,16-17H,1-3H3,(H2,26,28,30)(H2,27,29,31)/t16-,17-/m0/s1. The van der Waals surface area contributed by atoms with Gasteiger partial charge in [-0.15, -0.1) is 0 Å². The minimum absolute atomic E-state index is 0.247. The zero-order valence-electron chi connectivity index (χ0n) is 17.7. The van der Waals surface area contributed by atoms with Gasteiger partial charge in [-0.05, 0) is 62.7 Å². The van der Waals surface area contributed by atoms with Crippen LogP contribution < -0.4 is 21.3 Å². The highest BCUT2D eigenvalue weighted by Crippen LogP contribution is 2.21. The van der Waals surface area contributed by atoms with Crippen LogP contribution in [-0.2, 0) is 0 Å². The zero-order chi connectivity index (χ0) is 22.2. The number of pyridine rings is 2. The van der Waals surface area contributed by atoms with Gasteiger partial charge in [-0.2, -0.15) is 0 Å². The van der Waals surface area contributed by atoms with Crippen molar-refractivity contribution in [3.05, 3.63) is 83.9 Å². The molecule has 0 bridgehead atoms. The lowest BCUT2D eigenvalue weighted by Gasteiger charge is -2.17. The summed E-state index contributed by atoms with van der Waals surface area (Å²) in [6.07, 6.45) is 3.37. The molecule has 8 nitrogen and oxygen atoms in total. The van der Waals surface area contributed by atoms with E-state index in [0.29, 0.717) is 11.4 Å². The zero-order valence-corrected chi connectivity index (χ0v) is 17.7. The molecular weight excluding hydrogens is 392 g/mol. The van der Waals surface area contributed by atoms with Gasteiger partial charge in [0.1, 0.15) is 0 Å². The van der Waals surface area contributed by atoms with Gasteiger partial charge in [-0.25, -0.2) is 9.59 Å². The summed E-state index contributed by atoms with van der Waals surface area (Å²) in [7, 11) is 0. The molecule has 3 rings (SSSR count). The van der Waals surface area contributed by atoms with Crippen LogP contribution in [0.25, 0.3) is 0 Å². The van der Waals surface area contributed by atoms with E-state index in [-0.39, 0.29) is 24.1 Å². The normalized spacial score (nSPS) is 12.4. The summed E-state index contributed by atoms with van der Waals surface area (Å²) in [5.74, 6) is 0. The second kappa shape index (κ2) is 10.2. The van der Waals surface area contributed by atoms with Gasteiger partial charge in [0, 0.05) is 23.8 Å². The molecule has 8 heteroatoms. The van der Waals surface area contributed by atoms with Crippen molar-refractivity contribution in [2.45, 2.75) is 32.9 Å². The molecule has 2 aromatic heterocycles. The van der Waals surface area contributed by atoms with Gasteiger partial charge in [-0.3, -0.25) is 9.97 Å². The lowest BCUT2D eigenvalue weighted by Crippen LogP contribution is -2.32. The van der Waals surface area contributed by atoms with E-state index < -0.39 is 0 Å². The molecule has 0 unspecified atom stereocenters. The quantitative estimate of drug-likeness (QED) is 0.471. The minimum atomic E-state index is -0.360. The molecule has 0 aliphatic heterocycles. The fourth-order valence-electron chi connectivity index (χ4n) is 2.97. The van der Waals surface area contributed by atoms with Crippen LogP contribution in [0.2, 0.25) is 0 Å². The number of rotatable bonds is 6. The van der Waals surface area contributed by atoms with Crippen molar-refractivity contribution >= 4 is 23.4 Å². The molecule has 0 fully saturated rings. The number of hydrogen-bond acceptors (Lipinski definition) is 4. The second-order valence-electron chi connectivity index (χ2n) is 7.18. The van der Waals surface area contributed by atoms with Gasteiger partial charge in [0.2, 0.25) is 0 Å². The molecule has 0 radical (unpaired) electrons. The summed E-state index contributed by atoms with van der Waals surface area (Å²) in [6.45, 7) is 5.60. The van der Waals surface area contributed by atoms with E-state index in [2.05, 4.69) is 31.2 Å². The number of urea groups is 2. The van der Waals surface area contributed by atoms with E-state index in [1.165, 1.54) is 0 Å². The van der Waals surface area contributed by atoms with Crippen LogP contribution in [-0.4, -0.2) is 22.0 Å². The molecule has 31 heavy (non-hydrogen) atoms. The van der Waals surface area contributed by atoms with Crippen molar-refractivity contribution in [3.63, 3.8) is 0 Å². The number of aryl methyl sites for hydroxylation is 1. The van der Waals surface area contributed by atoms with Crippen LogP contribution in [0.4, 0.5) is 21.0 Å². The first-order valence-corrected chi connectivity index (χ1v) is 10.00. The Kier molecular flexibility index (Phi) is 7.16. The first-order chi connectivity index (χ1) is 14.9. The number of hydrogen-bond donors (Lipinski definition) is 4. The predicted molar refractivity (Wildman–Crippen MR) is 121 cm³/mol. The van der Waals surface area contributed by atoms with Gasteiger partial charge in [0.05, 0.1) is 23.5 Å². The maximum absolute atomic E-state index is 12.4. The number of aromatic nitrogens is 2. The summed E-state index contributed by atoms with van der Waals surface area (Å²) in [5.41, 5.74) is 3.56. The van der Waals surface area contributed by atoms with Crippen LogP contribution in [0.1, 0.15) is 42.9 Å². The SMILES string of the molecule is Cc1ccc(NC(=O)N[C@@H](C)c2ccccn2)cc1NC(=O)N[C@@H](C)c1ccccn1. The van der Waals surface area contributed by atoms with Crippen molar-refractivity contribution in [2.24, 2.45) is 0 Å². The Bertz CT molecular complexity index is 1030. The molecule has 1 aromatic carbocycles. The Hall–Kier alpha value is -3.94. The first kappa shape index (κ1) is 21.8. The highest BCUT2D eigenvalue weighted by atomic mass is 16.2. The highest BCUT2D eigenvalue weighted by Gasteiger charge is 2.13. The summed E-state index contributed by atoms with van der Waals surface area (Å²) < 4.78 is 0. The number of benzene rings is 1. The number of nitrogens with zero attached hydrogens (tertiary/aromatic N) is 2. The van der Waals surface area contributed by atoms with Gasteiger partial charge in [0.15, 0.2) is 0 Å². The summed E-state index contributed by atoms with van der Waals surface area (Å²) in [6, 6.07) is 15.2. The molecule has 4 amide bonds. The van der Waals surface area contributed by atoms with E-state index in [0.717, 1.165) is 17.0 Å². The molecule has 4 N–H and O–H groups in total. The maximum Gasteiger partial charge on any atom is 0.319 e. The third kappa shape index (κ3) is 6.27. The number of carbonyl (C=O) groups is 2. The summed E-state index contributed by atoms with van der Waals surface area (Å²) in [5, 5.41) is 11.3. The minimum Gasteiger partial charge on any atom is -0.330 e. The first-order valence-electron chi connectivity index (χ1n) is 10.00. The van der Waals surface area contributed by atoms with Crippen molar-refractivity contribution in [1.82, 2.24) is 20.6 Å². The molecular formula is C23H26N6O2. The van der Waals surface area contributed by atoms with Gasteiger partial charge in [0.25, 0.3) is 0 Å². The Morgan fingerprint density at radius 1 is 0.774 bits per heavy atom. The van der Waals surface area contributed by atoms with Crippen molar-refractivity contribution in [3.8, 4) is 0 Å². The third-order valence-electron chi connectivity index (χ3n) is 4.70. The van der Waals surface area contributed by atoms with E-state index in [1.807, 2.05) is 63.2 Å².